The lowest BCUT2D eigenvalue weighted by Gasteiger charge is -2.18. The molecule has 1 aliphatic rings. The van der Waals surface area contributed by atoms with Crippen LogP contribution < -0.4 is 10.1 Å². The van der Waals surface area contributed by atoms with E-state index in [1.807, 2.05) is 12.1 Å². The lowest BCUT2D eigenvalue weighted by atomic mass is 9.92. The molecule has 2 aromatic rings. The number of hydrogen-bond donors (Lipinski definition) is 1. The van der Waals surface area contributed by atoms with Gasteiger partial charge >= 0.3 is 0 Å². The Balaban J connectivity index is 1.66. The number of aromatic nitrogens is 2. The summed E-state index contributed by atoms with van der Waals surface area (Å²) in [6, 6.07) is 7.81. The number of carbonyl (C=O) groups excluding carboxylic acids is 1. The summed E-state index contributed by atoms with van der Waals surface area (Å²) in [4.78, 5) is 20.6. The average Bonchev–Trinajstić information content (AvgIpc) is 2.95. The summed E-state index contributed by atoms with van der Waals surface area (Å²) in [7, 11) is 0. The van der Waals surface area contributed by atoms with Crippen LogP contribution in [0.3, 0.4) is 0 Å². The van der Waals surface area contributed by atoms with Crippen molar-refractivity contribution >= 4 is 5.91 Å². The first kappa shape index (κ1) is 16.4. The van der Waals surface area contributed by atoms with Gasteiger partial charge in [0.1, 0.15) is 11.9 Å². The number of para-hydroxylation sites is 1. The van der Waals surface area contributed by atoms with E-state index in [1.54, 1.807) is 18.5 Å². The molecule has 1 N–H and O–H groups in total. The Hall–Kier alpha value is -2.43. The third-order valence-corrected chi connectivity index (χ3v) is 3.85. The number of benzene rings is 1. The highest BCUT2D eigenvalue weighted by molar-refractivity contribution is 5.76. The van der Waals surface area contributed by atoms with Crippen LogP contribution in [0.2, 0.25) is 0 Å². The molecule has 0 bridgehead atoms. The van der Waals surface area contributed by atoms with Crippen molar-refractivity contribution in [1.29, 1.82) is 0 Å². The summed E-state index contributed by atoms with van der Waals surface area (Å²) in [5.41, 5.74) is 2.02. The van der Waals surface area contributed by atoms with Gasteiger partial charge in [-0.05, 0) is 23.1 Å². The number of hydrogen-bond acceptors (Lipinski definition) is 4. The third kappa shape index (κ3) is 3.91. The van der Waals surface area contributed by atoms with Gasteiger partial charge in [0.25, 0.3) is 0 Å². The zero-order chi connectivity index (χ0) is 17.2. The topological polar surface area (TPSA) is 64.1 Å². The van der Waals surface area contributed by atoms with E-state index in [0.717, 1.165) is 23.3 Å². The second-order valence-corrected chi connectivity index (χ2v) is 7.35. The highest BCUT2D eigenvalue weighted by Crippen LogP contribution is 2.37. The molecule has 1 atom stereocenters. The molecule has 2 heterocycles. The van der Waals surface area contributed by atoms with Gasteiger partial charge in [0.2, 0.25) is 5.91 Å². The Kier molecular flexibility index (Phi) is 4.51. The van der Waals surface area contributed by atoms with Crippen LogP contribution in [0.1, 0.15) is 32.8 Å². The molecule has 0 saturated heterocycles. The number of nitrogens with zero attached hydrogens (tertiary/aromatic N) is 2. The molecule has 0 radical (unpaired) electrons. The number of fused-ring (bicyclic) bond motifs is 1. The highest BCUT2D eigenvalue weighted by Gasteiger charge is 2.27. The number of amides is 1. The Bertz CT molecular complexity index is 723. The highest BCUT2D eigenvalue weighted by atomic mass is 16.5. The number of carbonyl (C=O) groups is 1. The van der Waals surface area contributed by atoms with E-state index in [4.69, 9.17) is 4.74 Å². The Morgan fingerprint density at radius 1 is 1.25 bits per heavy atom. The summed E-state index contributed by atoms with van der Waals surface area (Å²) in [6.07, 6.45) is 4.69. The molecule has 5 heteroatoms. The van der Waals surface area contributed by atoms with Gasteiger partial charge in [0.05, 0.1) is 12.1 Å². The standard InChI is InChI=1S/C19H23N3O2/c1-19(2,3)11-16(23)22-12-14-10-13-6-4-7-15(17(13)24-14)18-20-8-5-9-21-18/h4-9,14H,10-12H2,1-3H3,(H,22,23). The number of ether oxygens (including phenoxy) is 1. The molecular weight excluding hydrogens is 302 g/mol. The van der Waals surface area contributed by atoms with Gasteiger partial charge in [0.15, 0.2) is 5.82 Å². The number of nitrogens with one attached hydrogen (secondary N) is 1. The van der Waals surface area contributed by atoms with Crippen LogP contribution in [-0.4, -0.2) is 28.5 Å². The van der Waals surface area contributed by atoms with Crippen molar-refractivity contribution in [3.05, 3.63) is 42.2 Å². The van der Waals surface area contributed by atoms with Gasteiger partial charge in [-0.25, -0.2) is 9.97 Å². The van der Waals surface area contributed by atoms with Crippen molar-refractivity contribution in [2.24, 2.45) is 5.41 Å². The predicted molar refractivity (Wildman–Crippen MR) is 92.7 cm³/mol. The van der Waals surface area contributed by atoms with E-state index in [2.05, 4.69) is 42.1 Å². The van der Waals surface area contributed by atoms with Gasteiger partial charge in [-0.2, -0.15) is 0 Å². The van der Waals surface area contributed by atoms with Gasteiger partial charge in [0, 0.05) is 25.2 Å². The van der Waals surface area contributed by atoms with Gasteiger partial charge in [-0.15, -0.1) is 0 Å². The summed E-state index contributed by atoms with van der Waals surface area (Å²) in [5.74, 6) is 1.55. The largest absolute Gasteiger partial charge is 0.487 e. The second kappa shape index (κ2) is 6.59. The lowest BCUT2D eigenvalue weighted by Crippen LogP contribution is -2.36. The van der Waals surface area contributed by atoms with Gasteiger partial charge in [-0.1, -0.05) is 32.9 Å². The van der Waals surface area contributed by atoms with Crippen LogP contribution in [0, 0.1) is 5.41 Å². The van der Waals surface area contributed by atoms with Crippen LogP contribution >= 0.6 is 0 Å². The molecule has 24 heavy (non-hydrogen) atoms. The fourth-order valence-electron chi connectivity index (χ4n) is 2.84. The van der Waals surface area contributed by atoms with Crippen molar-refractivity contribution in [2.45, 2.75) is 39.7 Å². The van der Waals surface area contributed by atoms with E-state index >= 15 is 0 Å². The summed E-state index contributed by atoms with van der Waals surface area (Å²) in [5, 5.41) is 2.98. The Morgan fingerprint density at radius 2 is 2.00 bits per heavy atom. The average molecular weight is 325 g/mol. The minimum Gasteiger partial charge on any atom is -0.487 e. The third-order valence-electron chi connectivity index (χ3n) is 3.85. The molecule has 3 rings (SSSR count). The summed E-state index contributed by atoms with van der Waals surface area (Å²) in [6.45, 7) is 6.68. The minimum atomic E-state index is -0.0474. The van der Waals surface area contributed by atoms with E-state index in [0.29, 0.717) is 18.8 Å². The fraction of sp³-hybridized carbons (Fsp3) is 0.421. The van der Waals surface area contributed by atoms with Crippen molar-refractivity contribution in [3.63, 3.8) is 0 Å². The molecule has 1 unspecified atom stereocenters. The molecule has 1 aromatic heterocycles. The minimum absolute atomic E-state index is 0.0125. The monoisotopic (exact) mass is 325 g/mol. The Labute approximate surface area is 142 Å². The second-order valence-electron chi connectivity index (χ2n) is 7.35. The molecule has 5 nitrogen and oxygen atoms in total. The van der Waals surface area contributed by atoms with Crippen molar-refractivity contribution in [3.8, 4) is 17.1 Å². The molecule has 1 amide bonds. The summed E-state index contributed by atoms with van der Waals surface area (Å²) < 4.78 is 6.08. The normalized spacial score (nSPS) is 16.4. The molecule has 1 aromatic carbocycles. The molecule has 1 aliphatic heterocycles. The SMILES string of the molecule is CC(C)(C)CC(=O)NCC1Cc2cccc(-c3ncccn3)c2O1. The zero-order valence-electron chi connectivity index (χ0n) is 14.4. The molecule has 126 valence electrons. The zero-order valence-corrected chi connectivity index (χ0v) is 14.4. The lowest BCUT2D eigenvalue weighted by molar-refractivity contribution is -0.123. The van der Waals surface area contributed by atoms with E-state index in [9.17, 15) is 4.79 Å². The van der Waals surface area contributed by atoms with Crippen LogP contribution in [0.15, 0.2) is 36.7 Å². The molecule has 0 saturated carbocycles. The van der Waals surface area contributed by atoms with Crippen LogP contribution in [0.5, 0.6) is 5.75 Å². The molecule has 0 fully saturated rings. The van der Waals surface area contributed by atoms with Crippen molar-refractivity contribution in [1.82, 2.24) is 15.3 Å². The number of rotatable bonds is 4. The van der Waals surface area contributed by atoms with Crippen molar-refractivity contribution in [2.75, 3.05) is 6.54 Å². The van der Waals surface area contributed by atoms with Crippen LogP contribution in [0.25, 0.3) is 11.4 Å². The maximum absolute atomic E-state index is 12.0. The van der Waals surface area contributed by atoms with E-state index in [1.165, 1.54) is 0 Å². The maximum Gasteiger partial charge on any atom is 0.220 e. The van der Waals surface area contributed by atoms with E-state index in [-0.39, 0.29) is 17.4 Å². The maximum atomic E-state index is 12.0. The van der Waals surface area contributed by atoms with Crippen LogP contribution in [0.4, 0.5) is 0 Å². The first-order valence-electron chi connectivity index (χ1n) is 8.25. The predicted octanol–water partition coefficient (Wildman–Crippen LogP) is 3.00. The van der Waals surface area contributed by atoms with Gasteiger partial charge < -0.3 is 10.1 Å². The fourth-order valence-corrected chi connectivity index (χ4v) is 2.84. The van der Waals surface area contributed by atoms with Crippen LogP contribution in [-0.2, 0) is 11.2 Å². The first-order chi connectivity index (χ1) is 11.4. The van der Waals surface area contributed by atoms with Gasteiger partial charge in [-0.3, -0.25) is 4.79 Å². The Morgan fingerprint density at radius 3 is 2.71 bits per heavy atom. The quantitative estimate of drug-likeness (QED) is 0.938. The summed E-state index contributed by atoms with van der Waals surface area (Å²) >= 11 is 0. The first-order valence-corrected chi connectivity index (χ1v) is 8.25. The van der Waals surface area contributed by atoms with E-state index < -0.39 is 0 Å². The molecular formula is C19H23N3O2. The molecule has 0 spiro atoms. The van der Waals surface area contributed by atoms with Crippen molar-refractivity contribution < 1.29 is 9.53 Å². The smallest absolute Gasteiger partial charge is 0.220 e. The molecule has 0 aliphatic carbocycles.